The average molecular weight is 425 g/mol. The Morgan fingerprint density at radius 1 is 1.14 bits per heavy atom. The predicted octanol–water partition coefficient (Wildman–Crippen LogP) is 2.63. The molecule has 2 rings (SSSR count). The van der Waals surface area contributed by atoms with Crippen LogP contribution in [-0.4, -0.2) is 37.6 Å². The molecule has 2 aromatic carbocycles. The molecule has 0 heterocycles. The smallest absolute Gasteiger partial charge is 0.340 e. The van der Waals surface area contributed by atoms with E-state index >= 15 is 0 Å². The first kappa shape index (κ1) is 21.5. The predicted molar refractivity (Wildman–Crippen MR) is 105 cm³/mol. The van der Waals surface area contributed by atoms with Gasteiger partial charge in [0.25, 0.3) is 5.91 Å². The molecule has 0 saturated heterocycles. The van der Waals surface area contributed by atoms with Crippen LogP contribution in [0.4, 0.5) is 5.69 Å². The lowest BCUT2D eigenvalue weighted by Gasteiger charge is -2.17. The van der Waals surface area contributed by atoms with Gasteiger partial charge in [0.1, 0.15) is 6.04 Å². The normalized spacial score (nSPS) is 11.4. The molecule has 9 heteroatoms. The van der Waals surface area contributed by atoms with E-state index < -0.39 is 30.5 Å². The van der Waals surface area contributed by atoms with E-state index in [1.54, 1.807) is 0 Å². The Balaban J connectivity index is 1.99. The second-order valence-corrected chi connectivity index (χ2v) is 6.60. The van der Waals surface area contributed by atoms with Crippen molar-refractivity contribution in [1.82, 2.24) is 5.32 Å². The van der Waals surface area contributed by atoms with Crippen LogP contribution < -0.4 is 11.1 Å². The van der Waals surface area contributed by atoms with Gasteiger partial charge in [-0.3, -0.25) is 4.79 Å². The number of carbonyl (C=O) groups excluding carboxylic acids is 3. The van der Waals surface area contributed by atoms with Gasteiger partial charge in [-0.25, -0.2) is 9.59 Å². The summed E-state index contributed by atoms with van der Waals surface area (Å²) >= 11 is 11.7. The third kappa shape index (κ3) is 5.87. The quantitative estimate of drug-likeness (QED) is 0.522. The van der Waals surface area contributed by atoms with E-state index in [1.165, 1.54) is 19.2 Å². The van der Waals surface area contributed by atoms with E-state index in [9.17, 15) is 14.4 Å². The highest BCUT2D eigenvalue weighted by atomic mass is 35.5. The lowest BCUT2D eigenvalue weighted by atomic mass is 10.1. The Bertz CT molecular complexity index is 874. The molecule has 0 aliphatic carbocycles. The molecule has 0 spiro atoms. The van der Waals surface area contributed by atoms with Gasteiger partial charge < -0.3 is 20.5 Å². The molecule has 0 aromatic heterocycles. The molecule has 0 bridgehead atoms. The molecule has 1 unspecified atom stereocenters. The maximum absolute atomic E-state index is 12.2. The van der Waals surface area contributed by atoms with Crippen LogP contribution in [0, 0.1) is 0 Å². The van der Waals surface area contributed by atoms with Gasteiger partial charge in [0, 0.05) is 11.4 Å². The number of esters is 2. The second kappa shape index (κ2) is 9.96. The highest BCUT2D eigenvalue weighted by molar-refractivity contribution is 6.37. The molecule has 0 radical (unpaired) electrons. The first-order valence-electron chi connectivity index (χ1n) is 8.14. The molecule has 3 N–H and O–H groups in total. The maximum Gasteiger partial charge on any atom is 0.340 e. The number of nitrogen functional groups attached to an aromatic ring is 1. The average Bonchev–Trinajstić information content (AvgIpc) is 2.68. The van der Waals surface area contributed by atoms with Crippen molar-refractivity contribution in [1.29, 1.82) is 0 Å². The van der Waals surface area contributed by atoms with Crippen LogP contribution in [0.15, 0.2) is 42.5 Å². The van der Waals surface area contributed by atoms with Gasteiger partial charge in [-0.1, -0.05) is 53.5 Å². The van der Waals surface area contributed by atoms with Gasteiger partial charge in [0.05, 0.1) is 23.4 Å². The summed E-state index contributed by atoms with van der Waals surface area (Å²) in [4.78, 5) is 36.2. The van der Waals surface area contributed by atoms with Crippen LogP contribution in [0.1, 0.15) is 15.9 Å². The zero-order valence-electron chi connectivity index (χ0n) is 14.9. The van der Waals surface area contributed by atoms with E-state index in [-0.39, 0.29) is 27.7 Å². The summed E-state index contributed by atoms with van der Waals surface area (Å²) in [5, 5.41) is 2.78. The molecule has 1 amide bonds. The molecular weight excluding hydrogens is 407 g/mol. The minimum Gasteiger partial charge on any atom is -0.467 e. The number of ether oxygens (including phenoxy) is 2. The molecule has 0 aliphatic heterocycles. The van der Waals surface area contributed by atoms with Gasteiger partial charge in [0.2, 0.25) is 0 Å². The van der Waals surface area contributed by atoms with E-state index in [4.69, 9.17) is 38.4 Å². The molecule has 2 aromatic rings. The van der Waals surface area contributed by atoms with Gasteiger partial charge in [-0.15, -0.1) is 0 Å². The largest absolute Gasteiger partial charge is 0.467 e. The van der Waals surface area contributed by atoms with Gasteiger partial charge in [-0.05, 0) is 17.7 Å². The third-order valence-corrected chi connectivity index (χ3v) is 4.28. The Morgan fingerprint density at radius 3 is 2.46 bits per heavy atom. The topological polar surface area (TPSA) is 108 Å². The highest BCUT2D eigenvalue weighted by Gasteiger charge is 2.23. The zero-order valence-corrected chi connectivity index (χ0v) is 16.4. The van der Waals surface area contributed by atoms with Crippen molar-refractivity contribution < 1.29 is 23.9 Å². The van der Waals surface area contributed by atoms with Crippen LogP contribution >= 0.6 is 23.2 Å². The van der Waals surface area contributed by atoms with Crippen molar-refractivity contribution in [3.05, 3.63) is 63.6 Å². The Kier molecular flexibility index (Phi) is 7.66. The minimum atomic E-state index is -0.927. The fourth-order valence-corrected chi connectivity index (χ4v) is 2.88. The molecule has 0 fully saturated rings. The van der Waals surface area contributed by atoms with Crippen molar-refractivity contribution in [2.45, 2.75) is 12.5 Å². The SMILES string of the molecule is COC(=O)C(Cc1ccccc1)NC(=O)COC(=O)c1cc(Cl)cc(Cl)c1N. The first-order valence-corrected chi connectivity index (χ1v) is 8.90. The van der Waals surface area contributed by atoms with E-state index in [2.05, 4.69) is 5.32 Å². The lowest BCUT2D eigenvalue weighted by Crippen LogP contribution is -2.44. The summed E-state index contributed by atoms with van der Waals surface area (Å²) in [6, 6.07) is 10.8. The van der Waals surface area contributed by atoms with Crippen LogP contribution in [0.2, 0.25) is 10.0 Å². The molecule has 0 saturated carbocycles. The maximum atomic E-state index is 12.2. The number of amides is 1. The number of benzene rings is 2. The standard InChI is InChI=1S/C19H18Cl2N2O5/c1-27-19(26)15(7-11-5-3-2-4-6-11)23-16(24)10-28-18(25)13-8-12(20)9-14(21)17(13)22/h2-6,8-9,15H,7,10,22H2,1H3,(H,23,24). The summed E-state index contributed by atoms with van der Waals surface area (Å²) in [6.45, 7) is -0.620. The summed E-state index contributed by atoms with van der Waals surface area (Å²) in [5.41, 5.74) is 6.50. The van der Waals surface area contributed by atoms with Gasteiger partial charge in [-0.2, -0.15) is 0 Å². The first-order chi connectivity index (χ1) is 13.3. The van der Waals surface area contributed by atoms with Crippen LogP contribution in [-0.2, 0) is 25.5 Å². The molecule has 28 heavy (non-hydrogen) atoms. The summed E-state index contributed by atoms with van der Waals surface area (Å²) in [6.07, 6.45) is 0.226. The Labute approximate surface area is 171 Å². The Morgan fingerprint density at radius 2 is 1.82 bits per heavy atom. The fourth-order valence-electron chi connectivity index (χ4n) is 2.38. The van der Waals surface area contributed by atoms with E-state index in [1.807, 2.05) is 30.3 Å². The van der Waals surface area contributed by atoms with Crippen molar-refractivity contribution in [3.8, 4) is 0 Å². The van der Waals surface area contributed by atoms with Crippen LogP contribution in [0.3, 0.4) is 0 Å². The number of hydrogen-bond donors (Lipinski definition) is 2. The lowest BCUT2D eigenvalue weighted by molar-refractivity contribution is -0.145. The number of hydrogen-bond acceptors (Lipinski definition) is 6. The highest BCUT2D eigenvalue weighted by Crippen LogP contribution is 2.28. The fraction of sp³-hybridized carbons (Fsp3) is 0.211. The van der Waals surface area contributed by atoms with E-state index in [0.29, 0.717) is 0 Å². The van der Waals surface area contributed by atoms with Crippen LogP contribution in [0.25, 0.3) is 0 Å². The van der Waals surface area contributed by atoms with Crippen molar-refractivity contribution >= 4 is 46.7 Å². The summed E-state index contributed by atoms with van der Waals surface area (Å²) < 4.78 is 9.66. The van der Waals surface area contributed by atoms with Crippen molar-refractivity contribution in [2.24, 2.45) is 0 Å². The van der Waals surface area contributed by atoms with Gasteiger partial charge in [0.15, 0.2) is 6.61 Å². The number of rotatable bonds is 7. The number of halogens is 2. The molecule has 148 valence electrons. The number of anilines is 1. The number of carbonyl (C=O) groups is 3. The van der Waals surface area contributed by atoms with Crippen molar-refractivity contribution in [2.75, 3.05) is 19.5 Å². The number of nitrogens with two attached hydrogens (primary N) is 1. The Hall–Kier alpha value is -2.77. The van der Waals surface area contributed by atoms with E-state index in [0.717, 1.165) is 5.56 Å². The molecule has 0 aliphatic rings. The number of methoxy groups -OCH3 is 1. The number of nitrogens with one attached hydrogen (secondary N) is 1. The zero-order chi connectivity index (χ0) is 20.7. The molecule has 7 nitrogen and oxygen atoms in total. The molecular formula is C19H18Cl2N2O5. The summed E-state index contributed by atoms with van der Waals surface area (Å²) in [5.74, 6) is -2.16. The van der Waals surface area contributed by atoms with Crippen LogP contribution in [0.5, 0.6) is 0 Å². The second-order valence-electron chi connectivity index (χ2n) is 5.76. The summed E-state index contributed by atoms with van der Waals surface area (Å²) in [7, 11) is 1.22. The minimum absolute atomic E-state index is 0.00649. The van der Waals surface area contributed by atoms with Gasteiger partial charge >= 0.3 is 11.9 Å². The monoisotopic (exact) mass is 424 g/mol. The van der Waals surface area contributed by atoms with Crippen molar-refractivity contribution in [3.63, 3.8) is 0 Å². The third-order valence-electron chi connectivity index (χ3n) is 3.75. The molecule has 1 atom stereocenters.